The van der Waals surface area contributed by atoms with Crippen molar-refractivity contribution in [3.05, 3.63) is 35.4 Å². The zero-order valence-corrected chi connectivity index (χ0v) is 10.1. The number of benzene rings is 1. The molecule has 92 valence electrons. The fourth-order valence-corrected chi connectivity index (χ4v) is 2.05. The summed E-state index contributed by atoms with van der Waals surface area (Å²) in [7, 11) is 2.09. The SMILES string of the molecule is CN(Cc1ccccc1C(=O)NN)CC1CC1. The Morgan fingerprint density at radius 1 is 1.47 bits per heavy atom. The molecule has 0 bridgehead atoms. The molecule has 1 saturated carbocycles. The van der Waals surface area contributed by atoms with Crippen molar-refractivity contribution >= 4 is 5.91 Å². The van der Waals surface area contributed by atoms with Crippen molar-refractivity contribution in [2.24, 2.45) is 11.8 Å². The van der Waals surface area contributed by atoms with Crippen molar-refractivity contribution in [2.75, 3.05) is 13.6 Å². The van der Waals surface area contributed by atoms with E-state index in [-0.39, 0.29) is 5.91 Å². The fourth-order valence-electron chi connectivity index (χ4n) is 2.05. The lowest BCUT2D eigenvalue weighted by atomic mass is 10.1. The maximum atomic E-state index is 11.6. The third-order valence-corrected chi connectivity index (χ3v) is 3.10. The van der Waals surface area contributed by atoms with Crippen LogP contribution < -0.4 is 11.3 Å². The molecule has 0 aliphatic heterocycles. The van der Waals surface area contributed by atoms with Gasteiger partial charge in [0, 0.05) is 18.7 Å². The van der Waals surface area contributed by atoms with Crippen LogP contribution in [0.15, 0.2) is 24.3 Å². The van der Waals surface area contributed by atoms with Gasteiger partial charge in [0.25, 0.3) is 5.91 Å². The largest absolute Gasteiger partial charge is 0.302 e. The predicted molar refractivity (Wildman–Crippen MR) is 67.2 cm³/mol. The van der Waals surface area contributed by atoms with E-state index in [0.717, 1.165) is 24.6 Å². The summed E-state index contributed by atoms with van der Waals surface area (Å²) in [6.45, 7) is 1.90. The van der Waals surface area contributed by atoms with Gasteiger partial charge in [-0.3, -0.25) is 10.2 Å². The van der Waals surface area contributed by atoms with Gasteiger partial charge in [-0.2, -0.15) is 0 Å². The first-order valence-corrected chi connectivity index (χ1v) is 5.98. The van der Waals surface area contributed by atoms with Gasteiger partial charge in [-0.25, -0.2) is 5.84 Å². The highest BCUT2D eigenvalue weighted by Crippen LogP contribution is 2.29. The van der Waals surface area contributed by atoms with Crippen LogP contribution in [0.5, 0.6) is 0 Å². The van der Waals surface area contributed by atoms with Crippen LogP contribution in [0.1, 0.15) is 28.8 Å². The molecule has 0 aromatic heterocycles. The van der Waals surface area contributed by atoms with Crippen LogP contribution in [0.4, 0.5) is 0 Å². The molecule has 1 aliphatic rings. The van der Waals surface area contributed by atoms with E-state index < -0.39 is 0 Å². The minimum atomic E-state index is -0.222. The molecule has 0 unspecified atom stereocenters. The van der Waals surface area contributed by atoms with Gasteiger partial charge in [0.2, 0.25) is 0 Å². The lowest BCUT2D eigenvalue weighted by Gasteiger charge is -2.18. The Hall–Kier alpha value is -1.39. The van der Waals surface area contributed by atoms with Gasteiger partial charge in [-0.05, 0) is 37.4 Å². The molecule has 1 fully saturated rings. The summed E-state index contributed by atoms with van der Waals surface area (Å²) in [4.78, 5) is 13.9. The number of hydrazine groups is 1. The van der Waals surface area contributed by atoms with Crippen molar-refractivity contribution in [1.82, 2.24) is 10.3 Å². The predicted octanol–water partition coefficient (Wildman–Crippen LogP) is 1.13. The number of carbonyl (C=O) groups is 1. The van der Waals surface area contributed by atoms with Crippen molar-refractivity contribution < 1.29 is 4.79 Å². The Labute approximate surface area is 102 Å². The van der Waals surface area contributed by atoms with Crippen molar-refractivity contribution in [3.63, 3.8) is 0 Å². The van der Waals surface area contributed by atoms with Crippen molar-refractivity contribution in [2.45, 2.75) is 19.4 Å². The second-order valence-electron chi connectivity index (χ2n) is 4.77. The maximum Gasteiger partial charge on any atom is 0.265 e. The van der Waals surface area contributed by atoms with Crippen LogP contribution in [0, 0.1) is 5.92 Å². The summed E-state index contributed by atoms with van der Waals surface area (Å²) in [5, 5.41) is 0. The number of nitrogens with zero attached hydrogens (tertiary/aromatic N) is 1. The number of nitrogen functional groups attached to an aromatic ring is 1. The van der Waals surface area contributed by atoms with E-state index in [1.165, 1.54) is 12.8 Å². The average molecular weight is 233 g/mol. The summed E-state index contributed by atoms with van der Waals surface area (Å²) in [5.74, 6) is 5.82. The lowest BCUT2D eigenvalue weighted by Crippen LogP contribution is -2.31. The molecule has 1 amide bonds. The minimum Gasteiger partial charge on any atom is -0.302 e. The highest BCUT2D eigenvalue weighted by atomic mass is 16.2. The molecular formula is C13H19N3O. The molecule has 3 N–H and O–H groups in total. The highest BCUT2D eigenvalue weighted by molar-refractivity contribution is 5.95. The minimum absolute atomic E-state index is 0.222. The second kappa shape index (κ2) is 5.29. The summed E-state index contributed by atoms with van der Waals surface area (Å²) in [6.07, 6.45) is 2.69. The van der Waals surface area contributed by atoms with Gasteiger partial charge >= 0.3 is 0 Å². The van der Waals surface area contributed by atoms with E-state index in [1.807, 2.05) is 24.3 Å². The van der Waals surface area contributed by atoms with Crippen LogP contribution in [0.2, 0.25) is 0 Å². The van der Waals surface area contributed by atoms with Crippen molar-refractivity contribution in [3.8, 4) is 0 Å². The molecule has 4 heteroatoms. The smallest absolute Gasteiger partial charge is 0.265 e. The first-order valence-electron chi connectivity index (χ1n) is 5.98. The standard InChI is InChI=1S/C13H19N3O/c1-16(8-10-6-7-10)9-11-4-2-3-5-12(11)13(17)15-14/h2-5,10H,6-9,14H2,1H3,(H,15,17). The van der Waals surface area contributed by atoms with Gasteiger partial charge in [-0.1, -0.05) is 18.2 Å². The first kappa shape index (κ1) is 12.1. The Morgan fingerprint density at radius 2 is 2.18 bits per heavy atom. The number of carbonyl (C=O) groups excluding carboxylic acids is 1. The first-order chi connectivity index (χ1) is 8.20. The van der Waals surface area contributed by atoms with E-state index in [0.29, 0.717) is 5.56 Å². The highest BCUT2D eigenvalue weighted by Gasteiger charge is 2.23. The third-order valence-electron chi connectivity index (χ3n) is 3.10. The van der Waals surface area contributed by atoms with Gasteiger partial charge in [0.1, 0.15) is 0 Å². The molecule has 0 radical (unpaired) electrons. The Balaban J connectivity index is 2.05. The summed E-state index contributed by atoms with van der Waals surface area (Å²) >= 11 is 0. The number of nitrogens with two attached hydrogens (primary N) is 1. The zero-order valence-electron chi connectivity index (χ0n) is 10.1. The molecule has 0 heterocycles. The normalized spacial score (nSPS) is 15.0. The van der Waals surface area contributed by atoms with Crippen LogP contribution in [0.3, 0.4) is 0 Å². The molecular weight excluding hydrogens is 214 g/mol. The molecule has 4 nitrogen and oxygen atoms in total. The van der Waals surface area contributed by atoms with Crippen LogP contribution in [0.25, 0.3) is 0 Å². The lowest BCUT2D eigenvalue weighted by molar-refractivity contribution is 0.0952. The number of nitrogens with one attached hydrogen (secondary N) is 1. The average Bonchev–Trinajstić information content (AvgIpc) is 3.12. The topological polar surface area (TPSA) is 58.4 Å². The Bertz CT molecular complexity index is 401. The fraction of sp³-hybridized carbons (Fsp3) is 0.462. The van der Waals surface area contributed by atoms with Gasteiger partial charge in [-0.15, -0.1) is 0 Å². The summed E-state index contributed by atoms with van der Waals surface area (Å²) in [6, 6.07) is 7.60. The Kier molecular flexibility index (Phi) is 3.76. The van der Waals surface area contributed by atoms with Crippen LogP contribution in [-0.4, -0.2) is 24.4 Å². The molecule has 1 aromatic carbocycles. The number of hydrogen-bond donors (Lipinski definition) is 2. The van der Waals surface area contributed by atoms with Crippen molar-refractivity contribution in [1.29, 1.82) is 0 Å². The van der Waals surface area contributed by atoms with E-state index in [2.05, 4.69) is 17.4 Å². The molecule has 17 heavy (non-hydrogen) atoms. The van der Waals surface area contributed by atoms with Gasteiger partial charge in [0.05, 0.1) is 0 Å². The second-order valence-corrected chi connectivity index (χ2v) is 4.77. The van der Waals surface area contributed by atoms with E-state index in [4.69, 9.17) is 5.84 Å². The molecule has 2 rings (SSSR count). The van der Waals surface area contributed by atoms with E-state index in [1.54, 1.807) is 0 Å². The van der Waals surface area contributed by atoms with Crippen LogP contribution in [-0.2, 0) is 6.54 Å². The number of rotatable bonds is 5. The van der Waals surface area contributed by atoms with E-state index >= 15 is 0 Å². The molecule has 0 saturated heterocycles. The van der Waals surface area contributed by atoms with Crippen LogP contribution >= 0.6 is 0 Å². The third kappa shape index (κ3) is 3.28. The maximum absolute atomic E-state index is 11.6. The van der Waals surface area contributed by atoms with Gasteiger partial charge in [0.15, 0.2) is 0 Å². The molecule has 0 atom stereocenters. The zero-order chi connectivity index (χ0) is 12.3. The summed E-state index contributed by atoms with van der Waals surface area (Å²) in [5.41, 5.74) is 3.88. The monoisotopic (exact) mass is 233 g/mol. The van der Waals surface area contributed by atoms with E-state index in [9.17, 15) is 4.79 Å². The molecule has 1 aliphatic carbocycles. The molecule has 0 spiro atoms. The summed E-state index contributed by atoms with van der Waals surface area (Å²) < 4.78 is 0. The number of amides is 1. The van der Waals surface area contributed by atoms with Gasteiger partial charge < -0.3 is 4.90 Å². The molecule has 1 aromatic rings. The number of hydrogen-bond acceptors (Lipinski definition) is 3. The quantitative estimate of drug-likeness (QED) is 0.455. The Morgan fingerprint density at radius 3 is 2.82 bits per heavy atom.